The van der Waals surface area contributed by atoms with E-state index >= 15 is 0 Å². The Balaban J connectivity index is 2.15. The summed E-state index contributed by atoms with van der Waals surface area (Å²) in [5, 5.41) is 18.5. The van der Waals surface area contributed by atoms with Crippen molar-refractivity contribution in [3.8, 4) is 17.6 Å². The van der Waals surface area contributed by atoms with Crippen LogP contribution in [0.3, 0.4) is 0 Å². The van der Waals surface area contributed by atoms with Crippen LogP contribution in [0, 0.1) is 11.8 Å². The number of likely N-dealkylation sites (tertiary alicyclic amines) is 1. The van der Waals surface area contributed by atoms with Gasteiger partial charge in [0, 0.05) is 24.2 Å². The largest absolute Gasteiger partial charge is 0.496 e. The van der Waals surface area contributed by atoms with Gasteiger partial charge < -0.3 is 14.9 Å². The van der Waals surface area contributed by atoms with Crippen LogP contribution in [0.1, 0.15) is 24.0 Å². The Morgan fingerprint density at radius 3 is 3.00 bits per heavy atom. The number of piperidine rings is 1. The molecule has 1 atom stereocenters. The van der Waals surface area contributed by atoms with Crippen molar-refractivity contribution in [3.05, 3.63) is 29.3 Å². The molecule has 0 bridgehead atoms. The van der Waals surface area contributed by atoms with Crippen LogP contribution in [0.2, 0.25) is 0 Å². The first-order valence-electron chi connectivity index (χ1n) is 6.90. The van der Waals surface area contributed by atoms with Crippen molar-refractivity contribution in [2.75, 3.05) is 26.8 Å². The molecular formula is C16H21NO3. The standard InChI is InChI=1S/C16H21NO3/c1-20-16-7-6-13(4-3-9-18)10-14(16)11-17-8-2-5-15(19)12-17/h6-7,10,15,18-19H,2,5,8-9,11-12H2,1H3. The van der Waals surface area contributed by atoms with Gasteiger partial charge in [-0.25, -0.2) is 0 Å². The summed E-state index contributed by atoms with van der Waals surface area (Å²) in [5.41, 5.74) is 1.93. The SMILES string of the molecule is COc1ccc(C#CCO)cc1CN1CCCC(O)C1. The minimum absolute atomic E-state index is 0.139. The highest BCUT2D eigenvalue weighted by Crippen LogP contribution is 2.23. The van der Waals surface area contributed by atoms with Gasteiger partial charge in [-0.15, -0.1) is 0 Å². The third-order valence-electron chi connectivity index (χ3n) is 3.47. The van der Waals surface area contributed by atoms with Gasteiger partial charge in [0.15, 0.2) is 0 Å². The molecule has 1 heterocycles. The quantitative estimate of drug-likeness (QED) is 0.808. The molecule has 1 aliphatic heterocycles. The van der Waals surface area contributed by atoms with E-state index in [1.807, 2.05) is 18.2 Å². The molecule has 0 amide bonds. The van der Waals surface area contributed by atoms with Crippen molar-refractivity contribution in [3.63, 3.8) is 0 Å². The second-order valence-corrected chi connectivity index (χ2v) is 5.02. The summed E-state index contributed by atoms with van der Waals surface area (Å²) in [4.78, 5) is 2.23. The Labute approximate surface area is 120 Å². The van der Waals surface area contributed by atoms with E-state index in [4.69, 9.17) is 9.84 Å². The molecule has 0 aliphatic carbocycles. The molecule has 0 radical (unpaired) electrons. The fraction of sp³-hybridized carbons (Fsp3) is 0.500. The summed E-state index contributed by atoms with van der Waals surface area (Å²) in [6, 6.07) is 5.77. The van der Waals surface area contributed by atoms with Gasteiger partial charge in [-0.1, -0.05) is 11.8 Å². The van der Waals surface area contributed by atoms with Crippen molar-refractivity contribution in [1.29, 1.82) is 0 Å². The van der Waals surface area contributed by atoms with Gasteiger partial charge in [-0.2, -0.15) is 0 Å². The molecule has 4 heteroatoms. The lowest BCUT2D eigenvalue weighted by Crippen LogP contribution is -2.37. The predicted molar refractivity (Wildman–Crippen MR) is 77.5 cm³/mol. The van der Waals surface area contributed by atoms with Crippen molar-refractivity contribution in [1.82, 2.24) is 4.90 Å². The summed E-state index contributed by atoms with van der Waals surface area (Å²) < 4.78 is 5.39. The number of rotatable bonds is 3. The Morgan fingerprint density at radius 1 is 1.45 bits per heavy atom. The van der Waals surface area contributed by atoms with Crippen LogP contribution in [0.4, 0.5) is 0 Å². The summed E-state index contributed by atoms with van der Waals surface area (Å²) in [7, 11) is 1.66. The normalized spacial score (nSPS) is 19.2. The monoisotopic (exact) mass is 275 g/mol. The number of aliphatic hydroxyl groups is 2. The van der Waals surface area contributed by atoms with Crippen molar-refractivity contribution in [2.24, 2.45) is 0 Å². The third-order valence-corrected chi connectivity index (χ3v) is 3.47. The van der Waals surface area contributed by atoms with Crippen LogP contribution in [-0.4, -0.2) is 48.0 Å². The number of hydrogen-bond donors (Lipinski definition) is 2. The number of benzene rings is 1. The minimum atomic E-state index is -0.230. The first kappa shape index (κ1) is 14.9. The zero-order chi connectivity index (χ0) is 14.4. The summed E-state index contributed by atoms with van der Waals surface area (Å²) in [5.74, 6) is 6.39. The number of methoxy groups -OCH3 is 1. The first-order valence-corrected chi connectivity index (χ1v) is 6.90. The number of β-amino-alcohol motifs (C(OH)–C–C–N with tert-alkyl or cyclic N) is 1. The number of nitrogens with zero attached hydrogens (tertiary/aromatic N) is 1. The van der Waals surface area contributed by atoms with Gasteiger partial charge in [-0.05, 0) is 37.6 Å². The second kappa shape index (κ2) is 7.30. The van der Waals surface area contributed by atoms with Gasteiger partial charge in [0.25, 0.3) is 0 Å². The summed E-state index contributed by atoms with van der Waals surface area (Å²) in [6.07, 6.45) is 1.68. The highest BCUT2D eigenvalue weighted by molar-refractivity contribution is 5.44. The maximum atomic E-state index is 9.73. The highest BCUT2D eigenvalue weighted by Gasteiger charge is 2.18. The number of hydrogen-bond acceptors (Lipinski definition) is 4. The van der Waals surface area contributed by atoms with E-state index in [2.05, 4.69) is 16.7 Å². The molecular weight excluding hydrogens is 254 g/mol. The lowest BCUT2D eigenvalue weighted by Gasteiger charge is -2.30. The van der Waals surface area contributed by atoms with Crippen LogP contribution in [0.5, 0.6) is 5.75 Å². The predicted octanol–water partition coefficient (Wildman–Crippen LogP) is 0.996. The Bertz CT molecular complexity index is 504. The van der Waals surface area contributed by atoms with Gasteiger partial charge in [-0.3, -0.25) is 4.90 Å². The maximum Gasteiger partial charge on any atom is 0.123 e. The number of aliphatic hydroxyl groups excluding tert-OH is 2. The molecule has 2 N–H and O–H groups in total. The van der Waals surface area contributed by atoms with E-state index in [1.54, 1.807) is 7.11 Å². The summed E-state index contributed by atoms with van der Waals surface area (Å²) in [6.45, 7) is 2.30. The molecule has 1 aromatic rings. The lowest BCUT2D eigenvalue weighted by molar-refractivity contribution is 0.0664. The van der Waals surface area contributed by atoms with Gasteiger partial charge in [0.1, 0.15) is 12.4 Å². The zero-order valence-electron chi connectivity index (χ0n) is 11.8. The minimum Gasteiger partial charge on any atom is -0.496 e. The molecule has 1 fully saturated rings. The van der Waals surface area contributed by atoms with E-state index < -0.39 is 0 Å². The molecule has 108 valence electrons. The highest BCUT2D eigenvalue weighted by atomic mass is 16.5. The van der Waals surface area contributed by atoms with Crippen LogP contribution in [0.25, 0.3) is 0 Å². The molecule has 0 spiro atoms. The van der Waals surface area contributed by atoms with Crippen molar-refractivity contribution in [2.45, 2.75) is 25.5 Å². The third kappa shape index (κ3) is 3.97. The molecule has 1 saturated heterocycles. The van der Waals surface area contributed by atoms with E-state index in [9.17, 15) is 5.11 Å². The Kier molecular flexibility index (Phi) is 5.42. The Morgan fingerprint density at radius 2 is 2.30 bits per heavy atom. The molecule has 1 aromatic carbocycles. The van der Waals surface area contributed by atoms with E-state index in [-0.39, 0.29) is 12.7 Å². The van der Waals surface area contributed by atoms with E-state index in [0.717, 1.165) is 42.8 Å². The Hall–Kier alpha value is -1.54. The smallest absolute Gasteiger partial charge is 0.123 e. The molecule has 1 aliphatic rings. The average molecular weight is 275 g/mol. The molecule has 0 saturated carbocycles. The molecule has 1 unspecified atom stereocenters. The average Bonchev–Trinajstić information content (AvgIpc) is 2.45. The molecule has 0 aromatic heterocycles. The molecule has 2 rings (SSSR count). The molecule has 20 heavy (non-hydrogen) atoms. The lowest BCUT2D eigenvalue weighted by atomic mass is 10.1. The summed E-state index contributed by atoms with van der Waals surface area (Å²) >= 11 is 0. The van der Waals surface area contributed by atoms with Crippen molar-refractivity contribution >= 4 is 0 Å². The van der Waals surface area contributed by atoms with Crippen LogP contribution in [-0.2, 0) is 6.54 Å². The fourth-order valence-electron chi connectivity index (χ4n) is 2.54. The topological polar surface area (TPSA) is 52.9 Å². The van der Waals surface area contributed by atoms with Gasteiger partial charge >= 0.3 is 0 Å². The van der Waals surface area contributed by atoms with Crippen LogP contribution in [0.15, 0.2) is 18.2 Å². The zero-order valence-corrected chi connectivity index (χ0v) is 11.8. The van der Waals surface area contributed by atoms with Crippen molar-refractivity contribution < 1.29 is 14.9 Å². The van der Waals surface area contributed by atoms with E-state index in [0.29, 0.717) is 6.54 Å². The number of ether oxygens (including phenoxy) is 1. The van der Waals surface area contributed by atoms with E-state index in [1.165, 1.54) is 0 Å². The fourth-order valence-corrected chi connectivity index (χ4v) is 2.54. The van der Waals surface area contributed by atoms with Gasteiger partial charge in [0.2, 0.25) is 0 Å². The maximum absolute atomic E-state index is 9.73. The van der Waals surface area contributed by atoms with Crippen LogP contribution < -0.4 is 4.74 Å². The van der Waals surface area contributed by atoms with Crippen LogP contribution >= 0.6 is 0 Å². The molecule has 4 nitrogen and oxygen atoms in total. The first-order chi connectivity index (χ1) is 9.72. The van der Waals surface area contributed by atoms with Gasteiger partial charge in [0.05, 0.1) is 13.2 Å². The second-order valence-electron chi connectivity index (χ2n) is 5.02.